The molecule has 0 fully saturated rings. The van der Waals surface area contributed by atoms with Crippen LogP contribution in [0.3, 0.4) is 0 Å². The Morgan fingerprint density at radius 1 is 0.323 bits per heavy atom. The number of fused-ring (bicyclic) bond motifs is 9. The normalized spacial score (nSPS) is 11.9. The predicted octanol–water partition coefficient (Wildman–Crippen LogP) is 8.24. The van der Waals surface area contributed by atoms with E-state index in [1.807, 2.05) is 0 Å². The summed E-state index contributed by atoms with van der Waals surface area (Å²) < 4.78 is 2.44. The van der Waals surface area contributed by atoms with E-state index < -0.39 is 0 Å². The van der Waals surface area contributed by atoms with E-state index in [2.05, 4.69) is 120 Å². The van der Waals surface area contributed by atoms with Crippen LogP contribution in [0.25, 0.3) is 59.8 Å². The van der Waals surface area contributed by atoms with E-state index in [9.17, 15) is 0 Å². The average molecular weight is 393 g/mol. The van der Waals surface area contributed by atoms with Gasteiger partial charge >= 0.3 is 0 Å². The molecule has 0 aliphatic heterocycles. The molecule has 0 amide bonds. The molecule has 0 saturated heterocycles. The summed E-state index contributed by atoms with van der Waals surface area (Å²) in [6.07, 6.45) is 0. The minimum absolute atomic E-state index is 1.23. The second-order valence-electron chi connectivity index (χ2n) is 8.16. The second-order valence-corrected chi connectivity index (χ2v) is 8.16. The Morgan fingerprint density at radius 3 is 1.26 bits per heavy atom. The summed E-state index contributed by atoms with van der Waals surface area (Å²) in [6.45, 7) is 0. The van der Waals surface area contributed by atoms with Crippen molar-refractivity contribution in [1.29, 1.82) is 0 Å². The van der Waals surface area contributed by atoms with Crippen LogP contribution in [0.2, 0.25) is 0 Å². The summed E-state index contributed by atoms with van der Waals surface area (Å²) in [7, 11) is 0. The van der Waals surface area contributed by atoms with Gasteiger partial charge in [-0.15, -0.1) is 0 Å². The molecule has 0 saturated carbocycles. The third-order valence-corrected chi connectivity index (χ3v) is 6.57. The minimum atomic E-state index is 1.23. The molecule has 0 unspecified atom stereocenters. The third-order valence-electron chi connectivity index (χ3n) is 6.57. The van der Waals surface area contributed by atoms with Crippen LogP contribution in [0, 0.1) is 0 Å². The molecule has 0 aliphatic rings. The van der Waals surface area contributed by atoms with Gasteiger partial charge in [0.1, 0.15) is 0 Å². The zero-order valence-corrected chi connectivity index (χ0v) is 16.9. The molecular weight excluding hydrogens is 374 g/mol. The van der Waals surface area contributed by atoms with Crippen molar-refractivity contribution in [3.63, 3.8) is 0 Å². The fraction of sp³-hybridized carbons (Fsp3) is 0. The van der Waals surface area contributed by atoms with Crippen LogP contribution in [0.5, 0.6) is 0 Å². The maximum absolute atomic E-state index is 2.44. The van der Waals surface area contributed by atoms with Crippen molar-refractivity contribution in [3.8, 4) is 5.69 Å². The molecule has 1 heterocycles. The number of nitrogens with zero attached hydrogens (tertiary/aromatic N) is 1. The molecule has 0 spiro atoms. The van der Waals surface area contributed by atoms with Crippen LogP contribution in [0.4, 0.5) is 0 Å². The summed E-state index contributed by atoms with van der Waals surface area (Å²) in [5, 5.41) is 10.4. The van der Waals surface area contributed by atoms with Gasteiger partial charge in [-0.1, -0.05) is 97.1 Å². The van der Waals surface area contributed by atoms with Gasteiger partial charge in [0.25, 0.3) is 0 Å². The van der Waals surface area contributed by atoms with Crippen LogP contribution in [-0.4, -0.2) is 4.57 Å². The maximum Gasteiger partial charge on any atom is 0.0547 e. The van der Waals surface area contributed by atoms with E-state index in [1.54, 1.807) is 0 Å². The van der Waals surface area contributed by atoms with Crippen molar-refractivity contribution in [2.75, 3.05) is 0 Å². The minimum Gasteiger partial charge on any atom is -0.309 e. The highest BCUT2D eigenvalue weighted by atomic mass is 15.0. The predicted molar refractivity (Wildman–Crippen MR) is 133 cm³/mol. The van der Waals surface area contributed by atoms with Crippen LogP contribution in [0.1, 0.15) is 0 Å². The molecule has 0 aliphatic carbocycles. The highest BCUT2D eigenvalue weighted by Crippen LogP contribution is 2.40. The van der Waals surface area contributed by atoms with Gasteiger partial charge in [0.15, 0.2) is 0 Å². The standard InChI is InChI=1S/C30H19N/c1-2-11-22-20(10-1)21-12-3-4-15-25(21)30-26(22)16-9-19-29(30)31-27-17-7-5-13-23(27)24-14-6-8-18-28(24)31/h1-19H. The van der Waals surface area contributed by atoms with Gasteiger partial charge in [0, 0.05) is 16.2 Å². The van der Waals surface area contributed by atoms with Gasteiger partial charge in [0.05, 0.1) is 16.7 Å². The first-order valence-electron chi connectivity index (χ1n) is 10.7. The Kier molecular flexibility index (Phi) is 3.33. The van der Waals surface area contributed by atoms with E-state index in [1.165, 1.54) is 59.8 Å². The zero-order valence-electron chi connectivity index (χ0n) is 16.9. The highest BCUT2D eigenvalue weighted by Gasteiger charge is 2.16. The molecule has 31 heavy (non-hydrogen) atoms. The van der Waals surface area contributed by atoms with Crippen LogP contribution in [0.15, 0.2) is 115 Å². The van der Waals surface area contributed by atoms with Gasteiger partial charge in [-0.25, -0.2) is 0 Å². The lowest BCUT2D eigenvalue weighted by Crippen LogP contribution is -1.96. The Hall–Kier alpha value is -4.10. The molecule has 1 heteroatoms. The maximum atomic E-state index is 2.44. The molecule has 0 atom stereocenters. The second kappa shape index (κ2) is 6.20. The molecule has 0 N–H and O–H groups in total. The van der Waals surface area contributed by atoms with Gasteiger partial charge in [0.2, 0.25) is 0 Å². The van der Waals surface area contributed by atoms with E-state index in [-0.39, 0.29) is 0 Å². The SMILES string of the molecule is c1ccc2c(c1)c1ccccc1c1c(-n3c4ccccc4c4ccccc43)cccc21. The van der Waals surface area contributed by atoms with Crippen molar-refractivity contribution in [1.82, 2.24) is 4.57 Å². The van der Waals surface area contributed by atoms with Crippen LogP contribution in [-0.2, 0) is 0 Å². The molecule has 1 aromatic heterocycles. The molecule has 7 rings (SSSR count). The lowest BCUT2D eigenvalue weighted by Gasteiger charge is -2.16. The van der Waals surface area contributed by atoms with Crippen LogP contribution >= 0.6 is 0 Å². The first kappa shape index (κ1) is 16.7. The quantitative estimate of drug-likeness (QED) is 0.247. The van der Waals surface area contributed by atoms with E-state index >= 15 is 0 Å². The number of benzene rings is 6. The Bertz CT molecular complexity index is 1690. The van der Waals surface area contributed by atoms with Crippen LogP contribution < -0.4 is 0 Å². The average Bonchev–Trinajstić information content (AvgIpc) is 3.18. The zero-order chi connectivity index (χ0) is 20.4. The van der Waals surface area contributed by atoms with Gasteiger partial charge in [-0.05, 0) is 45.1 Å². The number of hydrogen-bond donors (Lipinski definition) is 0. The summed E-state index contributed by atoms with van der Waals surface area (Å²) in [5.74, 6) is 0. The van der Waals surface area contributed by atoms with Crippen molar-refractivity contribution >= 4 is 54.1 Å². The lowest BCUT2D eigenvalue weighted by atomic mass is 9.93. The van der Waals surface area contributed by atoms with Crippen molar-refractivity contribution < 1.29 is 0 Å². The largest absolute Gasteiger partial charge is 0.309 e. The fourth-order valence-corrected chi connectivity index (χ4v) is 5.30. The summed E-state index contributed by atoms with van der Waals surface area (Å²) in [5.41, 5.74) is 3.72. The van der Waals surface area contributed by atoms with Gasteiger partial charge in [-0.2, -0.15) is 0 Å². The van der Waals surface area contributed by atoms with Gasteiger partial charge in [-0.3, -0.25) is 0 Å². The fourth-order valence-electron chi connectivity index (χ4n) is 5.30. The smallest absolute Gasteiger partial charge is 0.0547 e. The number of para-hydroxylation sites is 2. The van der Waals surface area contributed by atoms with E-state index in [4.69, 9.17) is 0 Å². The monoisotopic (exact) mass is 393 g/mol. The molecule has 0 bridgehead atoms. The molecule has 7 aromatic rings. The summed E-state index contributed by atoms with van der Waals surface area (Å²) >= 11 is 0. The first-order valence-corrected chi connectivity index (χ1v) is 10.7. The molecule has 0 radical (unpaired) electrons. The van der Waals surface area contributed by atoms with E-state index in [0.29, 0.717) is 0 Å². The first-order chi connectivity index (χ1) is 15.4. The molecule has 1 nitrogen and oxygen atoms in total. The third kappa shape index (κ3) is 2.21. The Labute approximate surface area is 179 Å². The lowest BCUT2D eigenvalue weighted by molar-refractivity contribution is 1.20. The van der Waals surface area contributed by atoms with Crippen molar-refractivity contribution in [2.45, 2.75) is 0 Å². The highest BCUT2D eigenvalue weighted by molar-refractivity contribution is 6.27. The van der Waals surface area contributed by atoms with Crippen molar-refractivity contribution in [3.05, 3.63) is 115 Å². The topological polar surface area (TPSA) is 4.93 Å². The number of hydrogen-bond acceptors (Lipinski definition) is 0. The molecular formula is C30H19N. The van der Waals surface area contributed by atoms with Gasteiger partial charge < -0.3 is 4.57 Å². The Balaban J connectivity index is 1.78. The number of aromatic nitrogens is 1. The van der Waals surface area contributed by atoms with E-state index in [0.717, 1.165) is 0 Å². The Morgan fingerprint density at radius 2 is 0.710 bits per heavy atom. The summed E-state index contributed by atoms with van der Waals surface area (Å²) in [6, 6.07) is 41.8. The molecule has 6 aromatic carbocycles. The molecule has 144 valence electrons. The van der Waals surface area contributed by atoms with Crippen molar-refractivity contribution in [2.24, 2.45) is 0 Å². The number of rotatable bonds is 1. The summed E-state index contributed by atoms with van der Waals surface area (Å²) in [4.78, 5) is 0.